The normalized spacial score (nSPS) is 12.6. The van der Waals surface area contributed by atoms with E-state index >= 15 is 0 Å². The molecule has 2 aromatic rings. The Labute approximate surface area is 121 Å². The molecule has 5 heteroatoms. The summed E-state index contributed by atoms with van der Waals surface area (Å²) in [5.74, 6) is 0. The van der Waals surface area contributed by atoms with Crippen LogP contribution in [0.5, 0.6) is 0 Å². The lowest BCUT2D eigenvalue weighted by molar-refractivity contribution is 0.539. The lowest BCUT2D eigenvalue weighted by atomic mass is 10.0. The second kappa shape index (κ2) is 6.53. The molecule has 0 radical (unpaired) electrons. The SMILES string of the molecule is CCNC(Cc1c(Cl)cccc1Cl)c1cscn1. The molecular weight excluding hydrogens is 287 g/mol. The van der Waals surface area contributed by atoms with Crippen molar-refractivity contribution < 1.29 is 0 Å². The third-order valence-electron chi connectivity index (χ3n) is 2.73. The van der Waals surface area contributed by atoms with Crippen LogP contribution in [0.15, 0.2) is 29.1 Å². The van der Waals surface area contributed by atoms with Crippen molar-refractivity contribution in [2.75, 3.05) is 6.54 Å². The fraction of sp³-hybridized carbons (Fsp3) is 0.308. The number of benzene rings is 1. The van der Waals surface area contributed by atoms with Gasteiger partial charge in [0, 0.05) is 15.4 Å². The van der Waals surface area contributed by atoms with E-state index in [9.17, 15) is 0 Å². The van der Waals surface area contributed by atoms with Gasteiger partial charge in [-0.2, -0.15) is 0 Å². The number of nitrogens with zero attached hydrogens (tertiary/aromatic N) is 1. The molecule has 2 nitrogen and oxygen atoms in total. The van der Waals surface area contributed by atoms with Crippen molar-refractivity contribution in [2.24, 2.45) is 0 Å². The Morgan fingerprint density at radius 1 is 1.33 bits per heavy atom. The highest BCUT2D eigenvalue weighted by Gasteiger charge is 2.16. The number of hydrogen-bond donors (Lipinski definition) is 1. The van der Waals surface area contributed by atoms with Crippen molar-refractivity contribution in [3.63, 3.8) is 0 Å². The Hall–Kier alpha value is -0.610. The molecule has 2 rings (SSSR count). The average Bonchev–Trinajstić information content (AvgIpc) is 2.86. The van der Waals surface area contributed by atoms with Crippen molar-refractivity contribution in [3.8, 4) is 0 Å². The first-order chi connectivity index (χ1) is 8.72. The molecule has 0 saturated carbocycles. The van der Waals surface area contributed by atoms with Crippen LogP contribution in [-0.2, 0) is 6.42 Å². The lowest BCUT2D eigenvalue weighted by Crippen LogP contribution is -2.23. The zero-order valence-corrected chi connectivity index (χ0v) is 12.3. The van der Waals surface area contributed by atoms with Crippen molar-refractivity contribution in [3.05, 3.63) is 50.4 Å². The Bertz CT molecular complexity index is 479. The zero-order chi connectivity index (χ0) is 13.0. The maximum atomic E-state index is 6.21. The van der Waals surface area contributed by atoms with E-state index < -0.39 is 0 Å². The van der Waals surface area contributed by atoms with Crippen LogP contribution in [0.1, 0.15) is 24.2 Å². The second-order valence-corrected chi connectivity index (χ2v) is 5.46. The summed E-state index contributed by atoms with van der Waals surface area (Å²) in [6.07, 6.45) is 0.746. The van der Waals surface area contributed by atoms with Gasteiger partial charge in [0.15, 0.2) is 0 Å². The van der Waals surface area contributed by atoms with Gasteiger partial charge in [0.1, 0.15) is 0 Å². The minimum absolute atomic E-state index is 0.152. The summed E-state index contributed by atoms with van der Waals surface area (Å²) < 4.78 is 0. The van der Waals surface area contributed by atoms with Gasteiger partial charge in [0.25, 0.3) is 0 Å². The number of nitrogens with one attached hydrogen (secondary N) is 1. The van der Waals surface area contributed by atoms with Gasteiger partial charge < -0.3 is 5.32 Å². The highest BCUT2D eigenvalue weighted by molar-refractivity contribution is 7.07. The highest BCUT2D eigenvalue weighted by Crippen LogP contribution is 2.29. The number of hydrogen-bond acceptors (Lipinski definition) is 3. The van der Waals surface area contributed by atoms with Gasteiger partial charge in [0.05, 0.1) is 17.2 Å². The fourth-order valence-electron chi connectivity index (χ4n) is 1.85. The van der Waals surface area contributed by atoms with E-state index in [0.717, 1.165) is 24.2 Å². The van der Waals surface area contributed by atoms with E-state index in [1.54, 1.807) is 11.3 Å². The first-order valence-corrected chi connectivity index (χ1v) is 7.46. The molecule has 1 heterocycles. The largest absolute Gasteiger partial charge is 0.309 e. The molecule has 0 spiro atoms. The molecule has 1 N–H and O–H groups in total. The van der Waals surface area contributed by atoms with Gasteiger partial charge in [-0.25, -0.2) is 4.98 Å². The highest BCUT2D eigenvalue weighted by atomic mass is 35.5. The van der Waals surface area contributed by atoms with Crippen LogP contribution in [0.2, 0.25) is 10.0 Å². The monoisotopic (exact) mass is 300 g/mol. The minimum atomic E-state index is 0.152. The van der Waals surface area contributed by atoms with Gasteiger partial charge in [-0.15, -0.1) is 11.3 Å². The number of thiazole rings is 1. The van der Waals surface area contributed by atoms with Crippen LogP contribution in [0.4, 0.5) is 0 Å². The molecule has 0 aliphatic heterocycles. The maximum absolute atomic E-state index is 6.21. The molecule has 0 fully saturated rings. The molecule has 1 aromatic heterocycles. The first kappa shape index (κ1) is 13.8. The molecule has 0 aliphatic rings. The van der Waals surface area contributed by atoms with Crippen LogP contribution in [0.25, 0.3) is 0 Å². The number of aromatic nitrogens is 1. The van der Waals surface area contributed by atoms with E-state index in [1.807, 2.05) is 23.7 Å². The smallest absolute Gasteiger partial charge is 0.0795 e. The molecular formula is C13H14Cl2N2S. The predicted molar refractivity (Wildman–Crippen MR) is 78.7 cm³/mol. The molecule has 0 bridgehead atoms. The van der Waals surface area contributed by atoms with Gasteiger partial charge in [-0.1, -0.05) is 36.2 Å². The Balaban J connectivity index is 2.24. The second-order valence-electron chi connectivity index (χ2n) is 3.93. The van der Waals surface area contributed by atoms with Crippen molar-refractivity contribution in [1.29, 1.82) is 0 Å². The van der Waals surface area contributed by atoms with E-state index in [1.165, 1.54) is 0 Å². The van der Waals surface area contributed by atoms with Gasteiger partial charge in [-0.3, -0.25) is 0 Å². The van der Waals surface area contributed by atoms with Crippen molar-refractivity contribution in [2.45, 2.75) is 19.4 Å². The minimum Gasteiger partial charge on any atom is -0.309 e. The van der Waals surface area contributed by atoms with Gasteiger partial charge >= 0.3 is 0 Å². The summed E-state index contributed by atoms with van der Waals surface area (Å²) >= 11 is 14.0. The van der Waals surface area contributed by atoms with Crippen LogP contribution in [-0.4, -0.2) is 11.5 Å². The Kier molecular flexibility index (Phi) is 5.01. The van der Waals surface area contributed by atoms with Gasteiger partial charge in [-0.05, 0) is 30.7 Å². The third-order valence-corrected chi connectivity index (χ3v) is 4.04. The number of rotatable bonds is 5. The van der Waals surface area contributed by atoms with E-state index in [0.29, 0.717) is 10.0 Å². The molecule has 0 amide bonds. The fourth-order valence-corrected chi connectivity index (χ4v) is 3.01. The van der Waals surface area contributed by atoms with Crippen LogP contribution < -0.4 is 5.32 Å². The standard InChI is InChI=1S/C13H14Cl2N2S/c1-2-16-12(13-7-18-8-17-13)6-9-10(14)4-3-5-11(9)15/h3-5,7-8,12,16H,2,6H2,1H3. The summed E-state index contributed by atoms with van der Waals surface area (Å²) in [6.45, 7) is 2.96. The molecule has 96 valence electrons. The topological polar surface area (TPSA) is 24.9 Å². The maximum Gasteiger partial charge on any atom is 0.0795 e. The molecule has 1 atom stereocenters. The quantitative estimate of drug-likeness (QED) is 0.888. The van der Waals surface area contributed by atoms with Crippen molar-refractivity contribution >= 4 is 34.5 Å². The van der Waals surface area contributed by atoms with Crippen LogP contribution in [0, 0.1) is 0 Å². The van der Waals surface area contributed by atoms with Crippen LogP contribution >= 0.6 is 34.5 Å². The Morgan fingerprint density at radius 2 is 2.06 bits per heavy atom. The van der Waals surface area contributed by atoms with Crippen molar-refractivity contribution in [1.82, 2.24) is 10.3 Å². The summed E-state index contributed by atoms with van der Waals surface area (Å²) in [5, 5.41) is 6.89. The lowest BCUT2D eigenvalue weighted by Gasteiger charge is -2.17. The molecule has 18 heavy (non-hydrogen) atoms. The van der Waals surface area contributed by atoms with Crippen LogP contribution in [0.3, 0.4) is 0 Å². The molecule has 0 saturated heterocycles. The predicted octanol–water partition coefficient (Wildman–Crippen LogP) is 4.34. The molecule has 1 unspecified atom stereocenters. The summed E-state index contributed by atoms with van der Waals surface area (Å²) in [5.41, 5.74) is 3.85. The summed E-state index contributed by atoms with van der Waals surface area (Å²) in [6, 6.07) is 5.75. The number of halogens is 2. The summed E-state index contributed by atoms with van der Waals surface area (Å²) in [7, 11) is 0. The first-order valence-electron chi connectivity index (χ1n) is 5.76. The molecule has 1 aromatic carbocycles. The zero-order valence-electron chi connectivity index (χ0n) is 9.99. The van der Waals surface area contributed by atoms with Gasteiger partial charge in [0.2, 0.25) is 0 Å². The van der Waals surface area contributed by atoms with E-state index in [2.05, 4.69) is 22.6 Å². The number of likely N-dealkylation sites (N-methyl/N-ethyl adjacent to an activating group) is 1. The average molecular weight is 301 g/mol. The van der Waals surface area contributed by atoms with E-state index in [4.69, 9.17) is 23.2 Å². The molecule has 0 aliphatic carbocycles. The van der Waals surface area contributed by atoms with E-state index in [-0.39, 0.29) is 6.04 Å². The summed E-state index contributed by atoms with van der Waals surface area (Å²) in [4.78, 5) is 4.36. The third kappa shape index (κ3) is 3.23. The Morgan fingerprint density at radius 3 is 2.61 bits per heavy atom.